The lowest BCUT2D eigenvalue weighted by Crippen LogP contribution is -2.22. The molecule has 21 heavy (non-hydrogen) atoms. The van der Waals surface area contributed by atoms with E-state index < -0.39 is 5.82 Å². The molecule has 2 aromatic rings. The first-order valence-electron chi connectivity index (χ1n) is 6.20. The van der Waals surface area contributed by atoms with Gasteiger partial charge in [-0.05, 0) is 42.8 Å². The molecule has 0 radical (unpaired) electrons. The number of amides is 1. The second kappa shape index (κ2) is 6.78. The van der Waals surface area contributed by atoms with Crippen LogP contribution in [0.2, 0.25) is 10.0 Å². The zero-order chi connectivity index (χ0) is 15.4. The van der Waals surface area contributed by atoms with Gasteiger partial charge in [0.15, 0.2) is 0 Å². The summed E-state index contributed by atoms with van der Waals surface area (Å²) in [6.07, 6.45) is 0. The van der Waals surface area contributed by atoms with Crippen LogP contribution < -0.4 is 10.6 Å². The Labute approximate surface area is 132 Å². The lowest BCUT2D eigenvalue weighted by molar-refractivity contribution is -0.114. The highest BCUT2D eigenvalue weighted by Gasteiger charge is 2.06. The summed E-state index contributed by atoms with van der Waals surface area (Å²) in [6, 6.07) is 9.40. The second-order valence-corrected chi connectivity index (χ2v) is 5.33. The third-order valence-corrected chi connectivity index (χ3v) is 3.37. The number of halogens is 3. The molecule has 0 saturated heterocycles. The molecule has 2 aromatic carbocycles. The van der Waals surface area contributed by atoms with Gasteiger partial charge in [-0.25, -0.2) is 4.39 Å². The third kappa shape index (κ3) is 4.34. The Morgan fingerprint density at radius 2 is 1.95 bits per heavy atom. The summed E-state index contributed by atoms with van der Waals surface area (Å²) >= 11 is 11.6. The number of aryl methyl sites for hydroxylation is 1. The average Bonchev–Trinajstić information content (AvgIpc) is 2.44. The molecule has 0 aliphatic rings. The van der Waals surface area contributed by atoms with Crippen molar-refractivity contribution in [3.8, 4) is 0 Å². The van der Waals surface area contributed by atoms with Crippen LogP contribution in [-0.4, -0.2) is 12.5 Å². The molecule has 3 nitrogen and oxygen atoms in total. The molecule has 0 atom stereocenters. The second-order valence-electron chi connectivity index (χ2n) is 4.49. The molecule has 110 valence electrons. The van der Waals surface area contributed by atoms with Crippen LogP contribution in [0.25, 0.3) is 0 Å². The Morgan fingerprint density at radius 3 is 2.67 bits per heavy atom. The van der Waals surface area contributed by atoms with Crippen molar-refractivity contribution in [2.75, 3.05) is 17.2 Å². The van der Waals surface area contributed by atoms with E-state index in [0.717, 1.165) is 11.3 Å². The minimum Gasteiger partial charge on any atom is -0.376 e. The molecule has 6 heteroatoms. The van der Waals surface area contributed by atoms with Crippen LogP contribution in [0.1, 0.15) is 5.56 Å². The number of hydrogen-bond donors (Lipinski definition) is 2. The molecule has 0 bridgehead atoms. The number of hydrogen-bond acceptors (Lipinski definition) is 2. The Hall–Kier alpha value is -1.78. The van der Waals surface area contributed by atoms with Gasteiger partial charge in [-0.3, -0.25) is 4.79 Å². The fraction of sp³-hybridized carbons (Fsp3) is 0.133. The van der Waals surface area contributed by atoms with Crippen molar-refractivity contribution in [3.63, 3.8) is 0 Å². The molecule has 0 heterocycles. The predicted octanol–water partition coefficient (Wildman–Crippen LogP) is 4.49. The summed E-state index contributed by atoms with van der Waals surface area (Å²) in [7, 11) is 0. The van der Waals surface area contributed by atoms with Crippen LogP contribution in [0.4, 0.5) is 15.8 Å². The van der Waals surface area contributed by atoms with Gasteiger partial charge in [-0.1, -0.05) is 29.3 Å². The SMILES string of the molecule is Cc1ccc(Cl)cc1NCC(=O)Nc1ccc(F)c(Cl)c1. The Bertz CT molecular complexity index is 677. The molecule has 0 unspecified atom stereocenters. The van der Waals surface area contributed by atoms with Gasteiger partial charge in [0.1, 0.15) is 5.82 Å². The molecule has 2 rings (SSSR count). The molecule has 0 aliphatic carbocycles. The van der Waals surface area contributed by atoms with E-state index in [0.29, 0.717) is 10.7 Å². The van der Waals surface area contributed by atoms with Crippen molar-refractivity contribution >= 4 is 40.5 Å². The minimum absolute atomic E-state index is 0.0357. The maximum Gasteiger partial charge on any atom is 0.243 e. The van der Waals surface area contributed by atoms with Gasteiger partial charge in [0.2, 0.25) is 5.91 Å². The zero-order valence-corrected chi connectivity index (χ0v) is 12.7. The monoisotopic (exact) mass is 326 g/mol. The molecule has 0 aliphatic heterocycles. The molecular formula is C15H13Cl2FN2O. The van der Waals surface area contributed by atoms with Crippen molar-refractivity contribution in [2.24, 2.45) is 0 Å². The number of benzene rings is 2. The van der Waals surface area contributed by atoms with E-state index in [1.807, 2.05) is 13.0 Å². The summed E-state index contributed by atoms with van der Waals surface area (Å²) in [5, 5.41) is 6.18. The number of anilines is 2. The summed E-state index contributed by atoms with van der Waals surface area (Å²) < 4.78 is 13.0. The van der Waals surface area contributed by atoms with E-state index in [1.165, 1.54) is 18.2 Å². The van der Waals surface area contributed by atoms with Crippen molar-refractivity contribution in [3.05, 3.63) is 57.8 Å². The number of carbonyl (C=O) groups is 1. The largest absolute Gasteiger partial charge is 0.376 e. The van der Waals surface area contributed by atoms with Gasteiger partial charge < -0.3 is 10.6 Å². The van der Waals surface area contributed by atoms with Gasteiger partial charge in [0.05, 0.1) is 11.6 Å². The summed E-state index contributed by atoms with van der Waals surface area (Å²) in [4.78, 5) is 11.8. The van der Waals surface area contributed by atoms with Crippen molar-refractivity contribution in [1.29, 1.82) is 0 Å². The first-order chi connectivity index (χ1) is 9.95. The Kier molecular flexibility index (Phi) is 5.04. The maximum absolute atomic E-state index is 13.0. The van der Waals surface area contributed by atoms with Crippen molar-refractivity contribution < 1.29 is 9.18 Å². The summed E-state index contributed by atoms with van der Waals surface area (Å²) in [6.45, 7) is 1.98. The van der Waals surface area contributed by atoms with Crippen LogP contribution in [-0.2, 0) is 4.79 Å². The predicted molar refractivity (Wildman–Crippen MR) is 84.7 cm³/mol. The normalized spacial score (nSPS) is 10.3. The molecule has 1 amide bonds. The van der Waals surface area contributed by atoms with Gasteiger partial charge >= 0.3 is 0 Å². The van der Waals surface area contributed by atoms with Crippen LogP contribution in [0, 0.1) is 12.7 Å². The highest BCUT2D eigenvalue weighted by Crippen LogP contribution is 2.21. The summed E-state index contributed by atoms with van der Waals surface area (Å²) in [5.74, 6) is -0.792. The molecule has 0 aromatic heterocycles. The summed E-state index contributed by atoms with van der Waals surface area (Å²) in [5.41, 5.74) is 2.21. The van der Waals surface area contributed by atoms with Crippen LogP contribution in [0.15, 0.2) is 36.4 Å². The number of rotatable bonds is 4. The van der Waals surface area contributed by atoms with Crippen molar-refractivity contribution in [2.45, 2.75) is 6.92 Å². The van der Waals surface area contributed by atoms with E-state index in [4.69, 9.17) is 23.2 Å². The standard InChI is InChI=1S/C15H13Cl2FN2O/c1-9-2-3-10(16)6-14(9)19-8-15(21)20-11-4-5-13(18)12(17)7-11/h2-7,19H,8H2,1H3,(H,20,21). The smallest absolute Gasteiger partial charge is 0.243 e. The van der Waals surface area contributed by atoms with Crippen molar-refractivity contribution in [1.82, 2.24) is 0 Å². The fourth-order valence-electron chi connectivity index (χ4n) is 1.74. The van der Waals surface area contributed by atoms with E-state index in [1.54, 1.807) is 12.1 Å². The Balaban J connectivity index is 1.95. The topological polar surface area (TPSA) is 41.1 Å². The quantitative estimate of drug-likeness (QED) is 0.869. The van der Waals surface area contributed by atoms with Gasteiger partial charge in [-0.15, -0.1) is 0 Å². The van der Waals surface area contributed by atoms with Crippen LogP contribution in [0.3, 0.4) is 0 Å². The Morgan fingerprint density at radius 1 is 1.19 bits per heavy atom. The van der Waals surface area contributed by atoms with E-state index in [9.17, 15) is 9.18 Å². The molecule has 0 spiro atoms. The lowest BCUT2D eigenvalue weighted by atomic mass is 10.2. The zero-order valence-electron chi connectivity index (χ0n) is 11.2. The minimum atomic E-state index is -0.526. The lowest BCUT2D eigenvalue weighted by Gasteiger charge is -2.10. The highest BCUT2D eigenvalue weighted by molar-refractivity contribution is 6.31. The van der Waals surface area contributed by atoms with Crippen LogP contribution >= 0.6 is 23.2 Å². The third-order valence-electron chi connectivity index (χ3n) is 2.84. The number of carbonyl (C=O) groups excluding carboxylic acids is 1. The molecular weight excluding hydrogens is 314 g/mol. The van der Waals surface area contributed by atoms with Gasteiger partial charge in [0, 0.05) is 16.4 Å². The number of nitrogens with one attached hydrogen (secondary N) is 2. The van der Waals surface area contributed by atoms with Gasteiger partial charge in [-0.2, -0.15) is 0 Å². The fourth-order valence-corrected chi connectivity index (χ4v) is 2.09. The first kappa shape index (κ1) is 15.6. The molecule has 0 saturated carbocycles. The molecule has 0 fully saturated rings. The maximum atomic E-state index is 13.0. The average molecular weight is 327 g/mol. The van der Waals surface area contributed by atoms with Crippen LogP contribution in [0.5, 0.6) is 0 Å². The molecule has 2 N–H and O–H groups in total. The van der Waals surface area contributed by atoms with E-state index >= 15 is 0 Å². The van der Waals surface area contributed by atoms with E-state index in [-0.39, 0.29) is 17.5 Å². The van der Waals surface area contributed by atoms with Gasteiger partial charge in [0.25, 0.3) is 0 Å². The first-order valence-corrected chi connectivity index (χ1v) is 6.96. The van der Waals surface area contributed by atoms with E-state index in [2.05, 4.69) is 10.6 Å². The highest BCUT2D eigenvalue weighted by atomic mass is 35.5.